The second-order valence-corrected chi connectivity index (χ2v) is 4.44. The fraction of sp³-hybridized carbons (Fsp3) is 1.00. The summed E-state index contributed by atoms with van der Waals surface area (Å²) in [5, 5.41) is 9.55. The van der Waals surface area contributed by atoms with Gasteiger partial charge in [-0.1, -0.05) is 39.5 Å². The van der Waals surface area contributed by atoms with Gasteiger partial charge in [0.1, 0.15) is 6.61 Å². The molecule has 0 aliphatic heterocycles. The predicted molar refractivity (Wildman–Crippen MR) is 60.8 cm³/mol. The van der Waals surface area contributed by atoms with E-state index in [0.29, 0.717) is 12.3 Å². The van der Waals surface area contributed by atoms with Crippen molar-refractivity contribution in [3.63, 3.8) is 0 Å². The van der Waals surface area contributed by atoms with E-state index in [1.165, 1.54) is 0 Å². The zero-order valence-corrected chi connectivity index (χ0v) is 10.6. The number of hydrogen-bond donors (Lipinski definition) is 1. The molecule has 2 nitrogen and oxygen atoms in total. The lowest BCUT2D eigenvalue weighted by molar-refractivity contribution is -0.179. The van der Waals surface area contributed by atoms with Crippen molar-refractivity contribution in [3.8, 4) is 0 Å². The number of rotatable bonds is 9. The van der Waals surface area contributed by atoms with Crippen molar-refractivity contribution in [2.45, 2.75) is 58.2 Å². The second-order valence-electron chi connectivity index (χ2n) is 4.44. The lowest BCUT2D eigenvalue weighted by atomic mass is 9.93. The molecule has 1 N–H and O–H groups in total. The second kappa shape index (κ2) is 8.75. The quantitative estimate of drug-likeness (QED) is 0.683. The van der Waals surface area contributed by atoms with Crippen LogP contribution in [0, 0.1) is 5.92 Å². The topological polar surface area (TPSA) is 29.5 Å². The van der Waals surface area contributed by atoms with E-state index in [1.54, 1.807) is 0 Å². The maximum absolute atomic E-state index is 11.8. The standard InChI is InChI=1S/C12H23F3O2/c1-3-5-6-10(4-2)7-11(16)8-17-9-12(13,14)15/h10-11,16H,3-9H2,1-2H3. The van der Waals surface area contributed by atoms with Gasteiger partial charge in [0.2, 0.25) is 0 Å². The molecule has 0 aliphatic carbocycles. The van der Waals surface area contributed by atoms with Gasteiger partial charge in [0.05, 0.1) is 12.7 Å². The van der Waals surface area contributed by atoms with Gasteiger partial charge in [-0.2, -0.15) is 13.2 Å². The summed E-state index contributed by atoms with van der Waals surface area (Å²) in [6.45, 7) is 2.61. The van der Waals surface area contributed by atoms with Gasteiger partial charge in [0.25, 0.3) is 0 Å². The van der Waals surface area contributed by atoms with Gasteiger partial charge in [0, 0.05) is 0 Å². The van der Waals surface area contributed by atoms with Gasteiger partial charge in [-0.15, -0.1) is 0 Å². The molecule has 0 aromatic rings. The molecule has 5 heteroatoms. The molecule has 0 saturated carbocycles. The lowest BCUT2D eigenvalue weighted by Crippen LogP contribution is -2.24. The predicted octanol–water partition coefficient (Wildman–Crippen LogP) is 3.53. The number of hydrogen-bond acceptors (Lipinski definition) is 2. The van der Waals surface area contributed by atoms with E-state index in [4.69, 9.17) is 0 Å². The summed E-state index contributed by atoms with van der Waals surface area (Å²) in [7, 11) is 0. The Kier molecular flexibility index (Phi) is 8.60. The van der Waals surface area contributed by atoms with Crippen LogP contribution in [0.15, 0.2) is 0 Å². The van der Waals surface area contributed by atoms with E-state index in [2.05, 4.69) is 11.7 Å². The average molecular weight is 256 g/mol. The van der Waals surface area contributed by atoms with Crippen LogP contribution in [0.4, 0.5) is 13.2 Å². The number of halogens is 3. The van der Waals surface area contributed by atoms with E-state index in [9.17, 15) is 18.3 Å². The zero-order valence-electron chi connectivity index (χ0n) is 10.6. The summed E-state index contributed by atoms with van der Waals surface area (Å²) in [4.78, 5) is 0. The molecule has 0 bridgehead atoms. The van der Waals surface area contributed by atoms with Crippen molar-refractivity contribution >= 4 is 0 Å². The number of aliphatic hydroxyl groups excluding tert-OH is 1. The number of ether oxygens (including phenoxy) is 1. The maximum atomic E-state index is 11.8. The smallest absolute Gasteiger partial charge is 0.391 e. The van der Waals surface area contributed by atoms with Gasteiger partial charge < -0.3 is 9.84 Å². The Morgan fingerprint density at radius 3 is 2.35 bits per heavy atom. The lowest BCUT2D eigenvalue weighted by Gasteiger charge is -2.19. The SMILES string of the molecule is CCCCC(CC)CC(O)COCC(F)(F)F. The molecule has 0 aliphatic rings. The summed E-state index contributed by atoms with van der Waals surface area (Å²) in [5.74, 6) is 0.374. The molecule has 0 saturated heterocycles. The van der Waals surface area contributed by atoms with Crippen LogP contribution >= 0.6 is 0 Å². The van der Waals surface area contributed by atoms with Crippen molar-refractivity contribution in [2.75, 3.05) is 13.2 Å². The summed E-state index contributed by atoms with van der Waals surface area (Å²) >= 11 is 0. The molecule has 0 aromatic carbocycles. The van der Waals surface area contributed by atoms with Crippen molar-refractivity contribution < 1.29 is 23.0 Å². The maximum Gasteiger partial charge on any atom is 0.411 e. The molecule has 0 rings (SSSR count). The third-order valence-corrected chi connectivity index (χ3v) is 2.72. The summed E-state index contributed by atoms with van der Waals surface area (Å²) in [6.07, 6.45) is -0.439. The Labute approximate surface area is 101 Å². The molecule has 104 valence electrons. The van der Waals surface area contributed by atoms with Crippen LogP contribution in [0.5, 0.6) is 0 Å². The van der Waals surface area contributed by atoms with Crippen molar-refractivity contribution in [3.05, 3.63) is 0 Å². The van der Waals surface area contributed by atoms with Crippen LogP contribution in [0.2, 0.25) is 0 Å². The minimum Gasteiger partial charge on any atom is -0.391 e. The third-order valence-electron chi connectivity index (χ3n) is 2.72. The fourth-order valence-corrected chi connectivity index (χ4v) is 1.74. The van der Waals surface area contributed by atoms with Crippen LogP contribution in [-0.2, 0) is 4.74 Å². The summed E-state index contributed by atoms with van der Waals surface area (Å²) in [6, 6.07) is 0. The van der Waals surface area contributed by atoms with Crippen LogP contribution in [0.25, 0.3) is 0 Å². The molecular formula is C12H23F3O2. The van der Waals surface area contributed by atoms with Crippen molar-refractivity contribution in [1.82, 2.24) is 0 Å². The Morgan fingerprint density at radius 2 is 1.88 bits per heavy atom. The highest BCUT2D eigenvalue weighted by molar-refractivity contribution is 4.64. The zero-order chi connectivity index (χ0) is 13.3. The van der Waals surface area contributed by atoms with Crippen molar-refractivity contribution in [2.24, 2.45) is 5.92 Å². The average Bonchev–Trinajstić information content (AvgIpc) is 2.22. The van der Waals surface area contributed by atoms with E-state index >= 15 is 0 Å². The third kappa shape index (κ3) is 10.6. The largest absolute Gasteiger partial charge is 0.411 e. The van der Waals surface area contributed by atoms with Gasteiger partial charge in [-0.25, -0.2) is 0 Å². The first-order valence-electron chi connectivity index (χ1n) is 6.21. The molecule has 2 atom stereocenters. The van der Waals surface area contributed by atoms with Gasteiger partial charge >= 0.3 is 6.18 Å². The van der Waals surface area contributed by atoms with E-state index in [0.717, 1.165) is 25.7 Å². The molecule has 0 amide bonds. The monoisotopic (exact) mass is 256 g/mol. The Hall–Kier alpha value is -0.290. The molecule has 0 aromatic heterocycles. The first kappa shape index (κ1) is 16.7. The summed E-state index contributed by atoms with van der Waals surface area (Å²) in [5.41, 5.74) is 0. The van der Waals surface area contributed by atoms with E-state index in [1.807, 2.05) is 6.92 Å². The fourth-order valence-electron chi connectivity index (χ4n) is 1.74. The van der Waals surface area contributed by atoms with Crippen LogP contribution in [0.3, 0.4) is 0 Å². The Morgan fingerprint density at radius 1 is 1.24 bits per heavy atom. The Balaban J connectivity index is 3.71. The summed E-state index contributed by atoms with van der Waals surface area (Å²) < 4.78 is 39.8. The van der Waals surface area contributed by atoms with Gasteiger partial charge in [0.15, 0.2) is 0 Å². The highest BCUT2D eigenvalue weighted by Gasteiger charge is 2.27. The van der Waals surface area contributed by atoms with Gasteiger partial charge in [-0.3, -0.25) is 0 Å². The first-order valence-corrected chi connectivity index (χ1v) is 6.21. The minimum atomic E-state index is -4.31. The molecule has 0 heterocycles. The molecule has 2 unspecified atom stereocenters. The minimum absolute atomic E-state index is 0.234. The highest BCUT2D eigenvalue weighted by Crippen LogP contribution is 2.19. The number of aliphatic hydroxyl groups is 1. The molecule has 0 fully saturated rings. The van der Waals surface area contributed by atoms with E-state index < -0.39 is 18.9 Å². The molecule has 0 radical (unpaired) electrons. The first-order chi connectivity index (χ1) is 7.89. The Bertz CT molecular complexity index is 183. The van der Waals surface area contributed by atoms with Crippen LogP contribution < -0.4 is 0 Å². The molecule has 17 heavy (non-hydrogen) atoms. The number of unbranched alkanes of at least 4 members (excludes halogenated alkanes) is 1. The van der Waals surface area contributed by atoms with E-state index in [-0.39, 0.29) is 6.61 Å². The molecule has 0 spiro atoms. The normalized spacial score (nSPS) is 15.9. The highest BCUT2D eigenvalue weighted by atomic mass is 19.4. The van der Waals surface area contributed by atoms with Crippen molar-refractivity contribution in [1.29, 1.82) is 0 Å². The van der Waals surface area contributed by atoms with Gasteiger partial charge in [-0.05, 0) is 12.3 Å². The molecular weight excluding hydrogens is 233 g/mol. The van der Waals surface area contributed by atoms with Crippen LogP contribution in [-0.4, -0.2) is 30.6 Å². The van der Waals surface area contributed by atoms with Crippen LogP contribution in [0.1, 0.15) is 46.0 Å². The number of alkyl halides is 3.